The molecule has 0 radical (unpaired) electrons. The average Bonchev–Trinajstić information content (AvgIpc) is 2.89. The second-order valence-electron chi connectivity index (χ2n) is 10.1. The monoisotopic (exact) mass is 432 g/mol. The number of carbonyl (C=O) groups excluding carboxylic acids is 3. The van der Waals surface area contributed by atoms with Gasteiger partial charge in [0.15, 0.2) is 18.2 Å². The Kier molecular flexibility index (Phi) is 4.94. The number of halogens is 1. The Bertz CT molecular complexity index is 950. The van der Waals surface area contributed by atoms with Gasteiger partial charge in [0, 0.05) is 29.2 Å². The van der Waals surface area contributed by atoms with Gasteiger partial charge in [0.2, 0.25) is 0 Å². The minimum atomic E-state index is -1.89. The highest BCUT2D eigenvalue weighted by Crippen LogP contribution is 2.67. The number of ketones is 2. The van der Waals surface area contributed by atoms with Gasteiger partial charge in [-0.15, -0.1) is 0 Å². The first-order valence-electron chi connectivity index (χ1n) is 10.8. The van der Waals surface area contributed by atoms with Gasteiger partial charge in [-0.3, -0.25) is 14.4 Å². The lowest BCUT2D eigenvalue weighted by molar-refractivity contribution is -0.177. The molecule has 2 fully saturated rings. The summed E-state index contributed by atoms with van der Waals surface area (Å²) < 4.78 is 18.9. The number of rotatable bonds is 3. The Balaban J connectivity index is 1.90. The van der Waals surface area contributed by atoms with Crippen molar-refractivity contribution in [2.45, 2.75) is 52.2 Å². The molecule has 7 heteroatoms. The van der Waals surface area contributed by atoms with Crippen LogP contribution in [0, 0.1) is 34.5 Å². The number of hydrogen-bond acceptors (Lipinski definition) is 6. The van der Waals surface area contributed by atoms with E-state index in [1.807, 2.05) is 6.92 Å². The minimum absolute atomic E-state index is 0.132. The van der Waals surface area contributed by atoms with Crippen LogP contribution in [0.25, 0.3) is 0 Å². The van der Waals surface area contributed by atoms with Crippen molar-refractivity contribution in [1.29, 1.82) is 0 Å². The van der Waals surface area contributed by atoms with E-state index in [1.165, 1.54) is 19.1 Å². The summed E-state index contributed by atoms with van der Waals surface area (Å²) in [5, 5.41) is 22.8. The van der Waals surface area contributed by atoms with Crippen molar-refractivity contribution < 1.29 is 33.7 Å². The van der Waals surface area contributed by atoms with Gasteiger partial charge in [0.25, 0.3) is 0 Å². The molecule has 4 aliphatic carbocycles. The van der Waals surface area contributed by atoms with Crippen LogP contribution in [-0.4, -0.2) is 46.1 Å². The van der Waals surface area contributed by atoms with E-state index in [1.54, 1.807) is 26.0 Å². The highest BCUT2D eigenvalue weighted by molar-refractivity contribution is 6.02. The Morgan fingerprint density at radius 3 is 2.61 bits per heavy atom. The molecule has 0 aliphatic heterocycles. The number of allylic oxidation sites excluding steroid dienone is 5. The summed E-state index contributed by atoms with van der Waals surface area (Å²) in [4.78, 5) is 36.5. The average molecular weight is 432 g/mol. The van der Waals surface area contributed by atoms with Crippen LogP contribution in [-0.2, 0) is 19.1 Å². The number of esters is 1. The third-order valence-corrected chi connectivity index (χ3v) is 8.50. The molecule has 6 nitrogen and oxygen atoms in total. The SMILES string of the molecule is CC(=O)OC1=C[C@@H]2[C@H](C(O)C[C@@]3(C)[C@H]2CC(C)[C@]3(O)C(=O)CF)[C@@]2(C)C=CC(=O)C=C12. The molecule has 2 unspecified atom stereocenters. The predicted molar refractivity (Wildman–Crippen MR) is 109 cm³/mol. The molecule has 31 heavy (non-hydrogen) atoms. The fourth-order valence-corrected chi connectivity index (χ4v) is 7.16. The van der Waals surface area contributed by atoms with Crippen LogP contribution in [0.15, 0.2) is 35.6 Å². The molecule has 0 heterocycles. The zero-order valence-corrected chi connectivity index (χ0v) is 18.2. The van der Waals surface area contributed by atoms with E-state index in [9.17, 15) is 29.0 Å². The van der Waals surface area contributed by atoms with E-state index >= 15 is 0 Å². The second-order valence-corrected chi connectivity index (χ2v) is 10.1. The van der Waals surface area contributed by atoms with Crippen LogP contribution in [0.3, 0.4) is 0 Å². The molecule has 0 spiro atoms. The van der Waals surface area contributed by atoms with Gasteiger partial charge in [-0.05, 0) is 48.8 Å². The van der Waals surface area contributed by atoms with E-state index in [0.717, 1.165) is 0 Å². The molecule has 4 rings (SSSR count). The van der Waals surface area contributed by atoms with Gasteiger partial charge in [-0.25, -0.2) is 4.39 Å². The van der Waals surface area contributed by atoms with Crippen molar-refractivity contribution in [3.8, 4) is 0 Å². The van der Waals surface area contributed by atoms with E-state index in [0.29, 0.717) is 12.0 Å². The number of Topliss-reactive ketones (excluding diaryl/α,β-unsaturated/α-hetero) is 1. The summed E-state index contributed by atoms with van der Waals surface area (Å²) in [6.45, 7) is 5.41. The summed E-state index contributed by atoms with van der Waals surface area (Å²) in [6, 6.07) is 0. The zero-order valence-electron chi connectivity index (χ0n) is 18.2. The molecule has 8 atom stereocenters. The van der Waals surface area contributed by atoms with Gasteiger partial charge in [-0.2, -0.15) is 0 Å². The van der Waals surface area contributed by atoms with Crippen molar-refractivity contribution in [1.82, 2.24) is 0 Å². The fourth-order valence-electron chi connectivity index (χ4n) is 7.16. The molecule has 0 bridgehead atoms. The highest BCUT2D eigenvalue weighted by Gasteiger charge is 2.70. The van der Waals surface area contributed by atoms with E-state index < -0.39 is 46.9 Å². The van der Waals surface area contributed by atoms with Crippen LogP contribution in [0.4, 0.5) is 4.39 Å². The van der Waals surface area contributed by atoms with Crippen molar-refractivity contribution >= 4 is 17.5 Å². The van der Waals surface area contributed by atoms with Gasteiger partial charge >= 0.3 is 5.97 Å². The number of fused-ring (bicyclic) bond motifs is 5. The van der Waals surface area contributed by atoms with Crippen LogP contribution in [0.1, 0.15) is 40.5 Å². The number of alkyl halides is 1. The minimum Gasteiger partial charge on any atom is -0.427 e. The largest absolute Gasteiger partial charge is 0.427 e. The van der Waals surface area contributed by atoms with Crippen molar-refractivity contribution in [3.05, 3.63) is 35.6 Å². The standard InChI is InChI=1S/C24H29FO6/c1-12-7-16-15-9-19(31-13(2)26)17-8-14(27)5-6-22(17,3)21(15)18(28)10-23(16,4)24(12,30)20(29)11-25/h5-6,8-9,12,15-16,18,21,28,30H,7,10-11H2,1-4H3/t12?,15-,16-,18?,21+,22-,23-,24-/m0/s1. The molecule has 0 aromatic heterocycles. The lowest BCUT2D eigenvalue weighted by Crippen LogP contribution is -2.62. The zero-order chi connectivity index (χ0) is 22.9. The predicted octanol–water partition coefficient (Wildman–Crippen LogP) is 2.45. The van der Waals surface area contributed by atoms with Crippen LogP contribution in [0.2, 0.25) is 0 Å². The lowest BCUT2D eigenvalue weighted by Gasteiger charge is -2.58. The van der Waals surface area contributed by atoms with E-state index in [2.05, 4.69) is 0 Å². The van der Waals surface area contributed by atoms with Crippen LogP contribution < -0.4 is 0 Å². The topological polar surface area (TPSA) is 101 Å². The molecule has 2 N–H and O–H groups in total. The molecule has 0 aromatic carbocycles. The second kappa shape index (κ2) is 6.94. The molecular weight excluding hydrogens is 403 g/mol. The Morgan fingerprint density at radius 2 is 2.00 bits per heavy atom. The molecule has 0 saturated heterocycles. The molecule has 4 aliphatic rings. The quantitative estimate of drug-likeness (QED) is 0.665. The highest BCUT2D eigenvalue weighted by atomic mass is 19.1. The maximum atomic E-state index is 13.5. The molecular formula is C24H29FO6. The lowest BCUT2D eigenvalue weighted by atomic mass is 9.47. The number of carbonyl (C=O) groups is 3. The Labute approximate surface area is 180 Å². The summed E-state index contributed by atoms with van der Waals surface area (Å²) in [5.74, 6) is -2.77. The van der Waals surface area contributed by atoms with Crippen LogP contribution in [0.5, 0.6) is 0 Å². The summed E-state index contributed by atoms with van der Waals surface area (Å²) in [5.41, 5.74) is -3.16. The van der Waals surface area contributed by atoms with Crippen molar-refractivity contribution in [3.63, 3.8) is 0 Å². The third kappa shape index (κ3) is 2.79. The van der Waals surface area contributed by atoms with Gasteiger partial charge in [-0.1, -0.05) is 26.8 Å². The molecule has 0 aromatic rings. The third-order valence-electron chi connectivity index (χ3n) is 8.50. The first-order chi connectivity index (χ1) is 14.4. The fraction of sp³-hybridized carbons (Fsp3) is 0.625. The molecule has 168 valence electrons. The number of hydrogen-bond donors (Lipinski definition) is 2. The summed E-state index contributed by atoms with van der Waals surface area (Å²) in [7, 11) is 0. The first kappa shape index (κ1) is 22.1. The van der Waals surface area contributed by atoms with Crippen LogP contribution >= 0.6 is 0 Å². The number of aliphatic hydroxyl groups excluding tert-OH is 1. The van der Waals surface area contributed by atoms with Gasteiger partial charge in [0.1, 0.15) is 11.4 Å². The number of ether oxygens (including phenoxy) is 1. The van der Waals surface area contributed by atoms with Crippen molar-refractivity contribution in [2.75, 3.05) is 6.67 Å². The first-order valence-corrected chi connectivity index (χ1v) is 10.8. The molecule has 2 saturated carbocycles. The van der Waals surface area contributed by atoms with Gasteiger partial charge in [0.05, 0.1) is 6.10 Å². The van der Waals surface area contributed by atoms with E-state index in [4.69, 9.17) is 4.74 Å². The normalized spacial score (nSPS) is 45.8. The van der Waals surface area contributed by atoms with E-state index in [-0.39, 0.29) is 35.7 Å². The number of aliphatic hydroxyl groups is 2. The Morgan fingerprint density at radius 1 is 1.32 bits per heavy atom. The molecule has 0 amide bonds. The van der Waals surface area contributed by atoms with Gasteiger partial charge < -0.3 is 14.9 Å². The smallest absolute Gasteiger partial charge is 0.308 e. The maximum absolute atomic E-state index is 13.5. The maximum Gasteiger partial charge on any atom is 0.308 e. The Hall–Kier alpha value is -2.12. The summed E-state index contributed by atoms with van der Waals surface area (Å²) >= 11 is 0. The summed E-state index contributed by atoms with van der Waals surface area (Å²) in [6.07, 6.45) is 6.08. The van der Waals surface area contributed by atoms with Crippen molar-refractivity contribution in [2.24, 2.45) is 34.5 Å².